The van der Waals surface area contributed by atoms with Crippen LogP contribution in [-0.4, -0.2) is 23.2 Å². The van der Waals surface area contributed by atoms with Crippen molar-refractivity contribution in [2.24, 2.45) is 0 Å². The fraction of sp³-hybridized carbons (Fsp3) is 0.125. The molecule has 0 aliphatic carbocycles. The Balaban J connectivity index is 2.12. The van der Waals surface area contributed by atoms with Gasteiger partial charge in [-0.2, -0.15) is 10.2 Å². The Morgan fingerprint density at radius 1 is 1.46 bits per heavy atom. The molecule has 0 aliphatic rings. The standard InChI is InChI=1S/C16H16FN7/c1-20-9-13(7-19)23-16-22-10-14(17)15(24-16)21-8-12-4-2-3-11(5-12)6-18/h2-5,7,9-10,19-20H,8H2,1H3,(H2,21,22,23,24)/b13-9+,19-7?. The summed E-state index contributed by atoms with van der Waals surface area (Å²) in [5, 5.41) is 24.6. The Labute approximate surface area is 138 Å². The minimum atomic E-state index is -0.592. The number of benzene rings is 1. The van der Waals surface area contributed by atoms with E-state index in [1.54, 1.807) is 31.4 Å². The first-order valence-corrected chi connectivity index (χ1v) is 7.06. The van der Waals surface area contributed by atoms with Crippen molar-refractivity contribution in [2.45, 2.75) is 6.54 Å². The molecule has 0 radical (unpaired) electrons. The van der Waals surface area contributed by atoms with Crippen LogP contribution in [0.2, 0.25) is 0 Å². The van der Waals surface area contributed by atoms with Gasteiger partial charge in [-0.25, -0.2) is 9.37 Å². The molecule has 0 spiro atoms. The zero-order valence-electron chi connectivity index (χ0n) is 13.0. The van der Waals surface area contributed by atoms with Gasteiger partial charge in [0.2, 0.25) is 5.95 Å². The Morgan fingerprint density at radius 2 is 2.29 bits per heavy atom. The van der Waals surface area contributed by atoms with Gasteiger partial charge in [0, 0.05) is 26.0 Å². The van der Waals surface area contributed by atoms with E-state index in [1.165, 1.54) is 0 Å². The lowest BCUT2D eigenvalue weighted by Crippen LogP contribution is -2.11. The molecule has 0 unspecified atom stereocenters. The van der Waals surface area contributed by atoms with E-state index in [-0.39, 0.29) is 11.8 Å². The van der Waals surface area contributed by atoms with Gasteiger partial charge in [-0.15, -0.1) is 0 Å². The molecular weight excluding hydrogens is 309 g/mol. The highest BCUT2D eigenvalue weighted by Gasteiger charge is 2.08. The van der Waals surface area contributed by atoms with E-state index in [1.807, 2.05) is 6.07 Å². The Kier molecular flexibility index (Phi) is 5.80. The summed E-state index contributed by atoms with van der Waals surface area (Å²) in [6.07, 6.45) is 3.69. The highest BCUT2D eigenvalue weighted by molar-refractivity contribution is 5.79. The van der Waals surface area contributed by atoms with Gasteiger partial charge in [-0.1, -0.05) is 12.1 Å². The first-order chi connectivity index (χ1) is 11.7. The molecule has 0 atom stereocenters. The Hall–Kier alpha value is -3.47. The van der Waals surface area contributed by atoms with Gasteiger partial charge in [0.25, 0.3) is 0 Å². The maximum absolute atomic E-state index is 13.8. The lowest BCUT2D eigenvalue weighted by molar-refractivity contribution is 0.617. The predicted octanol–water partition coefficient (Wildman–Crippen LogP) is 2.22. The molecule has 2 aromatic rings. The summed E-state index contributed by atoms with van der Waals surface area (Å²) >= 11 is 0. The second kappa shape index (κ2) is 8.24. The minimum Gasteiger partial charge on any atom is -0.392 e. The maximum atomic E-state index is 13.8. The summed E-state index contributed by atoms with van der Waals surface area (Å²) in [4.78, 5) is 7.89. The molecule has 0 aliphatic heterocycles. The summed E-state index contributed by atoms with van der Waals surface area (Å²) in [6.45, 7) is 0.312. The molecular formula is C16H16FN7. The summed E-state index contributed by atoms with van der Waals surface area (Å²) < 4.78 is 13.8. The van der Waals surface area contributed by atoms with Crippen LogP contribution in [0.15, 0.2) is 42.4 Å². The first-order valence-electron chi connectivity index (χ1n) is 7.06. The first kappa shape index (κ1) is 16.9. The van der Waals surface area contributed by atoms with Crippen molar-refractivity contribution in [3.05, 3.63) is 59.3 Å². The van der Waals surface area contributed by atoms with Gasteiger partial charge in [-0.05, 0) is 17.7 Å². The number of halogens is 1. The average molecular weight is 325 g/mol. The van der Waals surface area contributed by atoms with Crippen LogP contribution in [0.4, 0.5) is 16.2 Å². The maximum Gasteiger partial charge on any atom is 0.229 e. The van der Waals surface area contributed by atoms with Crippen molar-refractivity contribution >= 4 is 18.0 Å². The fourth-order valence-electron chi connectivity index (χ4n) is 1.89. The molecule has 1 aromatic carbocycles. The van der Waals surface area contributed by atoms with Crippen molar-refractivity contribution < 1.29 is 4.39 Å². The van der Waals surface area contributed by atoms with Crippen molar-refractivity contribution in [1.29, 1.82) is 10.7 Å². The third-order valence-corrected chi connectivity index (χ3v) is 2.97. The molecule has 0 saturated heterocycles. The number of rotatable bonds is 7. The number of allylic oxidation sites excluding steroid dienone is 1. The monoisotopic (exact) mass is 325 g/mol. The SMILES string of the molecule is CN/C=C(\C=N)Nc1ncc(F)c(NCc2cccc(C#N)c2)n1. The predicted molar refractivity (Wildman–Crippen MR) is 90.0 cm³/mol. The van der Waals surface area contributed by atoms with Gasteiger partial charge in [0.1, 0.15) is 0 Å². The fourth-order valence-corrected chi connectivity index (χ4v) is 1.89. The van der Waals surface area contributed by atoms with Crippen LogP contribution in [0.25, 0.3) is 0 Å². The molecule has 122 valence electrons. The van der Waals surface area contributed by atoms with Gasteiger partial charge >= 0.3 is 0 Å². The van der Waals surface area contributed by atoms with Gasteiger partial charge < -0.3 is 21.4 Å². The number of hydrogen-bond donors (Lipinski definition) is 4. The van der Waals surface area contributed by atoms with Crippen LogP contribution in [0.5, 0.6) is 0 Å². The van der Waals surface area contributed by atoms with Crippen LogP contribution in [0.1, 0.15) is 11.1 Å². The van der Waals surface area contributed by atoms with Crippen LogP contribution in [-0.2, 0) is 6.54 Å². The van der Waals surface area contributed by atoms with Crippen LogP contribution < -0.4 is 16.0 Å². The number of nitrogens with zero attached hydrogens (tertiary/aromatic N) is 3. The lowest BCUT2D eigenvalue weighted by atomic mass is 10.1. The molecule has 0 fully saturated rings. The second-order valence-electron chi connectivity index (χ2n) is 4.71. The second-order valence-corrected chi connectivity index (χ2v) is 4.71. The van der Waals surface area contributed by atoms with E-state index in [0.717, 1.165) is 18.0 Å². The van der Waals surface area contributed by atoms with E-state index in [0.29, 0.717) is 17.8 Å². The summed E-state index contributed by atoms with van der Waals surface area (Å²) in [7, 11) is 1.69. The largest absolute Gasteiger partial charge is 0.392 e. The molecule has 4 N–H and O–H groups in total. The Morgan fingerprint density at radius 3 is 3.00 bits per heavy atom. The molecule has 0 bridgehead atoms. The number of aromatic nitrogens is 2. The molecule has 2 rings (SSSR count). The zero-order chi connectivity index (χ0) is 17.4. The lowest BCUT2D eigenvalue weighted by Gasteiger charge is -2.10. The molecule has 7 nitrogen and oxygen atoms in total. The number of nitriles is 1. The van der Waals surface area contributed by atoms with Crippen LogP contribution >= 0.6 is 0 Å². The smallest absolute Gasteiger partial charge is 0.229 e. The third-order valence-electron chi connectivity index (χ3n) is 2.97. The Bertz CT molecular complexity index is 795. The number of nitrogens with one attached hydrogen (secondary N) is 4. The van der Waals surface area contributed by atoms with E-state index < -0.39 is 5.82 Å². The normalized spacial score (nSPS) is 10.6. The number of anilines is 2. The summed E-state index contributed by atoms with van der Waals surface area (Å²) in [5.74, 6) is -0.399. The third kappa shape index (κ3) is 4.51. The van der Waals surface area contributed by atoms with Crippen molar-refractivity contribution in [3.63, 3.8) is 0 Å². The van der Waals surface area contributed by atoms with E-state index in [4.69, 9.17) is 10.7 Å². The average Bonchev–Trinajstić information content (AvgIpc) is 2.61. The van der Waals surface area contributed by atoms with E-state index in [9.17, 15) is 4.39 Å². The van der Waals surface area contributed by atoms with Crippen LogP contribution in [0.3, 0.4) is 0 Å². The highest BCUT2D eigenvalue weighted by Crippen LogP contribution is 2.14. The zero-order valence-corrected chi connectivity index (χ0v) is 13.0. The van der Waals surface area contributed by atoms with E-state index in [2.05, 4.69) is 32.0 Å². The minimum absolute atomic E-state index is 0.0312. The van der Waals surface area contributed by atoms with Gasteiger partial charge in [0.05, 0.1) is 23.5 Å². The van der Waals surface area contributed by atoms with E-state index >= 15 is 0 Å². The van der Waals surface area contributed by atoms with Crippen LogP contribution in [0, 0.1) is 22.6 Å². The highest BCUT2D eigenvalue weighted by atomic mass is 19.1. The molecule has 0 saturated carbocycles. The molecule has 1 heterocycles. The van der Waals surface area contributed by atoms with Gasteiger partial charge in [0.15, 0.2) is 11.6 Å². The molecule has 1 aromatic heterocycles. The topological polar surface area (TPSA) is 110 Å². The number of hydrogen-bond acceptors (Lipinski definition) is 7. The molecule has 8 heteroatoms. The molecule has 0 amide bonds. The quantitative estimate of drug-likeness (QED) is 0.581. The summed E-state index contributed by atoms with van der Waals surface area (Å²) in [5.41, 5.74) is 1.79. The van der Waals surface area contributed by atoms with Crippen molar-refractivity contribution in [3.8, 4) is 6.07 Å². The van der Waals surface area contributed by atoms with Gasteiger partial charge in [-0.3, -0.25) is 0 Å². The summed E-state index contributed by atoms with van der Waals surface area (Å²) in [6, 6.07) is 9.06. The van der Waals surface area contributed by atoms with Crippen molar-refractivity contribution in [2.75, 3.05) is 17.7 Å². The van der Waals surface area contributed by atoms with Crippen molar-refractivity contribution in [1.82, 2.24) is 15.3 Å². The molecule has 24 heavy (non-hydrogen) atoms.